The monoisotopic (exact) mass is 169 g/mol. The van der Waals surface area contributed by atoms with Crippen LogP contribution in [0, 0.1) is 11.3 Å². The molecule has 1 spiro atoms. The van der Waals surface area contributed by atoms with Crippen molar-refractivity contribution in [3.8, 4) is 0 Å². The quantitative estimate of drug-likeness (QED) is 0.668. The Hall–Kier alpha value is -0.0800. The number of unbranched alkanes of at least 4 members (excludes halogenated alkanes) is 1. The number of rotatable bonds is 3. The van der Waals surface area contributed by atoms with Gasteiger partial charge in [-0.1, -0.05) is 19.8 Å². The van der Waals surface area contributed by atoms with E-state index in [-0.39, 0.29) is 11.5 Å². The van der Waals surface area contributed by atoms with Gasteiger partial charge in [0.15, 0.2) is 0 Å². The summed E-state index contributed by atoms with van der Waals surface area (Å²) in [4.78, 5) is 0. The molecule has 0 bridgehead atoms. The summed E-state index contributed by atoms with van der Waals surface area (Å²) in [5.74, 6) is 0.710. The molecule has 4 unspecified atom stereocenters. The third kappa shape index (κ3) is 1.01. The van der Waals surface area contributed by atoms with E-state index in [9.17, 15) is 5.11 Å². The van der Waals surface area contributed by atoms with Gasteiger partial charge in [0.05, 0.1) is 6.10 Å². The lowest BCUT2D eigenvalue weighted by Crippen LogP contribution is -2.52. The first-order valence-electron chi connectivity index (χ1n) is 5.14. The van der Waals surface area contributed by atoms with Crippen LogP contribution in [-0.2, 0) is 0 Å². The summed E-state index contributed by atoms with van der Waals surface area (Å²) in [7, 11) is 0. The zero-order valence-electron chi connectivity index (χ0n) is 7.79. The molecule has 0 aliphatic heterocycles. The molecule has 0 aromatic heterocycles. The molecule has 0 heterocycles. The molecule has 2 aliphatic carbocycles. The predicted octanol–water partition coefficient (Wildman–Crippen LogP) is 1.27. The van der Waals surface area contributed by atoms with Gasteiger partial charge in [-0.3, -0.25) is 0 Å². The zero-order chi connectivity index (χ0) is 8.77. The minimum atomic E-state index is -0.0645. The normalized spacial score (nSPS) is 50.8. The highest BCUT2D eigenvalue weighted by Gasteiger charge is 2.66. The summed E-state index contributed by atoms with van der Waals surface area (Å²) in [6, 6.07) is 0.305. The molecule has 3 N–H and O–H groups in total. The second-order valence-electron chi connectivity index (χ2n) is 4.59. The van der Waals surface area contributed by atoms with Gasteiger partial charge >= 0.3 is 0 Å². The second-order valence-corrected chi connectivity index (χ2v) is 4.59. The lowest BCUT2D eigenvalue weighted by Gasteiger charge is -2.43. The summed E-state index contributed by atoms with van der Waals surface area (Å²) in [5, 5.41) is 9.37. The first-order valence-corrected chi connectivity index (χ1v) is 5.14. The Morgan fingerprint density at radius 3 is 2.58 bits per heavy atom. The minimum absolute atomic E-state index is 0.0645. The van der Waals surface area contributed by atoms with E-state index in [0.29, 0.717) is 12.0 Å². The fraction of sp³-hybridized carbons (Fsp3) is 1.00. The minimum Gasteiger partial charge on any atom is -0.392 e. The Morgan fingerprint density at radius 2 is 2.17 bits per heavy atom. The average molecular weight is 169 g/mol. The van der Waals surface area contributed by atoms with Gasteiger partial charge in [-0.25, -0.2) is 0 Å². The summed E-state index contributed by atoms with van der Waals surface area (Å²) < 4.78 is 0. The highest BCUT2D eigenvalue weighted by molar-refractivity contribution is 5.18. The van der Waals surface area contributed by atoms with E-state index in [1.165, 1.54) is 25.7 Å². The highest BCUT2D eigenvalue weighted by Crippen LogP contribution is 2.63. The Morgan fingerprint density at radius 1 is 1.50 bits per heavy atom. The van der Waals surface area contributed by atoms with Gasteiger partial charge in [-0.05, 0) is 25.2 Å². The van der Waals surface area contributed by atoms with Crippen LogP contribution >= 0.6 is 0 Å². The topological polar surface area (TPSA) is 46.2 Å². The summed E-state index contributed by atoms with van der Waals surface area (Å²) in [5.41, 5.74) is 6.23. The van der Waals surface area contributed by atoms with Crippen LogP contribution < -0.4 is 5.73 Å². The van der Waals surface area contributed by atoms with Crippen LogP contribution in [0.25, 0.3) is 0 Å². The maximum atomic E-state index is 9.37. The Kier molecular flexibility index (Phi) is 1.92. The van der Waals surface area contributed by atoms with Crippen LogP contribution in [0.15, 0.2) is 0 Å². The molecule has 2 aliphatic rings. The van der Waals surface area contributed by atoms with Gasteiger partial charge in [-0.15, -0.1) is 0 Å². The third-order valence-electron chi connectivity index (χ3n) is 3.82. The first kappa shape index (κ1) is 8.52. The van der Waals surface area contributed by atoms with Crippen LogP contribution in [0.2, 0.25) is 0 Å². The Balaban J connectivity index is 1.78. The van der Waals surface area contributed by atoms with E-state index in [1.54, 1.807) is 0 Å². The van der Waals surface area contributed by atoms with Crippen molar-refractivity contribution in [2.24, 2.45) is 17.1 Å². The number of hydrogen-bond acceptors (Lipinski definition) is 2. The van der Waals surface area contributed by atoms with Crippen LogP contribution in [0.4, 0.5) is 0 Å². The van der Waals surface area contributed by atoms with E-state index in [0.717, 1.165) is 6.42 Å². The summed E-state index contributed by atoms with van der Waals surface area (Å²) in [6.07, 6.45) is 5.92. The lowest BCUT2D eigenvalue weighted by atomic mass is 9.65. The van der Waals surface area contributed by atoms with Crippen molar-refractivity contribution in [2.75, 3.05) is 0 Å². The van der Waals surface area contributed by atoms with Crippen molar-refractivity contribution >= 4 is 0 Å². The molecular weight excluding hydrogens is 150 g/mol. The summed E-state index contributed by atoms with van der Waals surface area (Å²) in [6.45, 7) is 2.21. The van der Waals surface area contributed by atoms with Crippen LogP contribution in [0.3, 0.4) is 0 Å². The molecule has 2 fully saturated rings. The first-order chi connectivity index (χ1) is 5.70. The lowest BCUT2D eigenvalue weighted by molar-refractivity contribution is 0.0596. The van der Waals surface area contributed by atoms with E-state index < -0.39 is 0 Å². The maximum absolute atomic E-state index is 9.37. The van der Waals surface area contributed by atoms with E-state index in [4.69, 9.17) is 5.73 Å². The van der Waals surface area contributed by atoms with Crippen LogP contribution in [0.5, 0.6) is 0 Å². The predicted molar refractivity (Wildman–Crippen MR) is 48.7 cm³/mol. The van der Waals surface area contributed by atoms with E-state index in [2.05, 4.69) is 6.92 Å². The molecule has 0 aromatic rings. The SMILES string of the molecule is CCCCC1CC2(CC2O)C1N. The van der Waals surface area contributed by atoms with Gasteiger partial charge in [0.1, 0.15) is 0 Å². The molecule has 2 nitrogen and oxygen atoms in total. The molecule has 0 amide bonds. The van der Waals surface area contributed by atoms with Gasteiger partial charge in [0.2, 0.25) is 0 Å². The molecule has 12 heavy (non-hydrogen) atoms. The van der Waals surface area contributed by atoms with Crippen LogP contribution in [0.1, 0.15) is 39.0 Å². The molecule has 2 rings (SSSR count). The molecule has 0 radical (unpaired) electrons. The van der Waals surface area contributed by atoms with Gasteiger partial charge in [0.25, 0.3) is 0 Å². The molecule has 2 heteroatoms. The van der Waals surface area contributed by atoms with E-state index in [1.807, 2.05) is 0 Å². The largest absolute Gasteiger partial charge is 0.392 e. The maximum Gasteiger partial charge on any atom is 0.0619 e. The van der Waals surface area contributed by atoms with Crippen molar-refractivity contribution in [1.82, 2.24) is 0 Å². The van der Waals surface area contributed by atoms with Crippen molar-refractivity contribution in [3.05, 3.63) is 0 Å². The number of aliphatic hydroxyl groups is 1. The Labute approximate surface area is 74.1 Å². The summed E-state index contributed by atoms with van der Waals surface area (Å²) >= 11 is 0. The number of hydrogen-bond donors (Lipinski definition) is 2. The molecule has 2 saturated carbocycles. The van der Waals surface area contributed by atoms with Crippen molar-refractivity contribution < 1.29 is 5.11 Å². The number of nitrogens with two attached hydrogens (primary N) is 1. The van der Waals surface area contributed by atoms with Gasteiger partial charge in [0, 0.05) is 11.5 Å². The van der Waals surface area contributed by atoms with Gasteiger partial charge < -0.3 is 10.8 Å². The second kappa shape index (κ2) is 2.71. The highest BCUT2D eigenvalue weighted by atomic mass is 16.3. The van der Waals surface area contributed by atoms with Crippen molar-refractivity contribution in [1.29, 1.82) is 0 Å². The Bertz CT molecular complexity index is 183. The zero-order valence-corrected chi connectivity index (χ0v) is 7.79. The molecule has 0 aromatic carbocycles. The molecule has 70 valence electrons. The van der Waals surface area contributed by atoms with Crippen LogP contribution in [-0.4, -0.2) is 17.3 Å². The van der Waals surface area contributed by atoms with Gasteiger partial charge in [-0.2, -0.15) is 0 Å². The average Bonchev–Trinajstić information content (AvgIpc) is 2.73. The molecular formula is C10H19NO. The fourth-order valence-electron chi connectivity index (χ4n) is 2.69. The molecule has 4 atom stereocenters. The smallest absolute Gasteiger partial charge is 0.0619 e. The third-order valence-corrected chi connectivity index (χ3v) is 3.82. The standard InChI is InChI=1S/C10H19NO/c1-2-3-4-7-5-10(9(7)11)6-8(10)12/h7-9,12H,2-6,11H2,1H3. The number of aliphatic hydroxyl groups excluding tert-OH is 1. The molecule has 0 saturated heterocycles. The van der Waals surface area contributed by atoms with Crippen molar-refractivity contribution in [3.63, 3.8) is 0 Å². The van der Waals surface area contributed by atoms with E-state index >= 15 is 0 Å². The van der Waals surface area contributed by atoms with Crippen molar-refractivity contribution in [2.45, 2.75) is 51.2 Å². The fourth-order valence-corrected chi connectivity index (χ4v) is 2.69.